The van der Waals surface area contributed by atoms with Gasteiger partial charge in [-0.1, -0.05) is 12.1 Å². The number of nitrogens with zero attached hydrogens (tertiary/aromatic N) is 2. The molecule has 0 aliphatic heterocycles. The fourth-order valence-electron chi connectivity index (χ4n) is 3.71. The van der Waals surface area contributed by atoms with Crippen LogP contribution in [0.1, 0.15) is 5.76 Å². The molecule has 5 rings (SSSR count). The summed E-state index contributed by atoms with van der Waals surface area (Å²) in [4.78, 5) is 17.7. The number of nitrogens with one attached hydrogen (secondary N) is 1. The van der Waals surface area contributed by atoms with Gasteiger partial charge in [-0.3, -0.25) is 14.1 Å². The predicted molar refractivity (Wildman–Crippen MR) is 127 cm³/mol. The van der Waals surface area contributed by atoms with Crippen LogP contribution in [0.2, 0.25) is 0 Å². The average molecular weight is 514 g/mol. The highest BCUT2D eigenvalue weighted by Gasteiger charge is 2.28. The van der Waals surface area contributed by atoms with Gasteiger partial charge in [-0.25, -0.2) is 8.42 Å². The van der Waals surface area contributed by atoms with Gasteiger partial charge in [0.05, 0.1) is 22.0 Å². The van der Waals surface area contributed by atoms with Gasteiger partial charge in [0.2, 0.25) is 0 Å². The van der Waals surface area contributed by atoms with Crippen molar-refractivity contribution in [3.8, 4) is 0 Å². The van der Waals surface area contributed by atoms with E-state index in [0.717, 1.165) is 28.6 Å². The molecule has 0 bridgehead atoms. The number of furan rings is 1. The summed E-state index contributed by atoms with van der Waals surface area (Å²) >= 11 is 0. The van der Waals surface area contributed by atoms with Crippen LogP contribution >= 0.6 is 0 Å². The molecule has 0 aliphatic rings. The van der Waals surface area contributed by atoms with Crippen molar-refractivity contribution in [2.24, 2.45) is 0 Å². The zero-order valence-corrected chi connectivity index (χ0v) is 19.4. The molecule has 9 nitrogen and oxygen atoms in total. The number of hydrogen-bond donors (Lipinski definition) is 1. The van der Waals surface area contributed by atoms with E-state index in [1.165, 1.54) is 24.5 Å². The van der Waals surface area contributed by atoms with Crippen LogP contribution in [0.15, 0.2) is 98.3 Å². The molecule has 0 atom stereocenters. The third kappa shape index (κ3) is 4.29. The molecule has 1 N–H and O–H groups in total. The van der Waals surface area contributed by atoms with Crippen LogP contribution in [0.4, 0.5) is 9.57 Å². The van der Waals surface area contributed by atoms with Crippen molar-refractivity contribution in [2.45, 2.75) is 16.3 Å². The molecule has 0 aliphatic carbocycles. The quantitative estimate of drug-likeness (QED) is 0.342. The molecular formula is C23H16FN3O6S2. The number of sulfonamides is 1. The molecule has 12 heteroatoms. The van der Waals surface area contributed by atoms with E-state index in [9.17, 15) is 25.5 Å². The van der Waals surface area contributed by atoms with Crippen LogP contribution in [0, 0.1) is 0 Å². The number of benzene rings is 2. The maximum atomic E-state index is 13.7. The summed E-state index contributed by atoms with van der Waals surface area (Å²) in [6, 6.07) is 13.4. The molecule has 0 amide bonds. The summed E-state index contributed by atoms with van der Waals surface area (Å²) in [5, 5.41) is 1.49. The average Bonchev–Trinajstić information content (AvgIpc) is 3.25. The minimum atomic E-state index is -5.14. The Morgan fingerprint density at radius 1 is 0.943 bits per heavy atom. The van der Waals surface area contributed by atoms with Crippen LogP contribution < -0.4 is 9.86 Å². The molecule has 0 fully saturated rings. The van der Waals surface area contributed by atoms with Crippen LogP contribution in [0.25, 0.3) is 21.7 Å². The summed E-state index contributed by atoms with van der Waals surface area (Å²) < 4.78 is 70.6. The standard InChI is InChI=1S/C23H16FN3O6S2/c24-34(29,30)19-2-1-3-20(12-19)35(31,32)27(14-18-10-16-13-25-8-7-22(16)33-18)17-5-4-15-6-9-26-23(28)21(15)11-17/h1-13H,14H2,(H,26,28). The molecular weight excluding hydrogens is 497 g/mol. The number of hydrogen-bond acceptors (Lipinski definition) is 7. The van der Waals surface area contributed by atoms with E-state index in [2.05, 4.69) is 9.97 Å². The molecule has 0 spiro atoms. The van der Waals surface area contributed by atoms with Crippen LogP contribution in [-0.2, 0) is 26.8 Å². The van der Waals surface area contributed by atoms with Gasteiger partial charge in [-0.2, -0.15) is 8.42 Å². The molecule has 3 aromatic heterocycles. The van der Waals surface area contributed by atoms with E-state index in [1.807, 2.05) is 0 Å². The first-order valence-corrected chi connectivity index (χ1v) is 13.0. The summed E-state index contributed by atoms with van der Waals surface area (Å²) in [5.41, 5.74) is 0.205. The minimum absolute atomic E-state index is 0.126. The van der Waals surface area contributed by atoms with Gasteiger partial charge in [0.15, 0.2) is 0 Å². The van der Waals surface area contributed by atoms with E-state index in [-0.39, 0.29) is 23.4 Å². The van der Waals surface area contributed by atoms with E-state index in [4.69, 9.17) is 4.42 Å². The number of fused-ring (bicyclic) bond motifs is 2. The molecule has 2 aromatic carbocycles. The zero-order chi connectivity index (χ0) is 24.8. The molecule has 0 saturated carbocycles. The van der Waals surface area contributed by atoms with E-state index < -0.39 is 35.6 Å². The number of anilines is 1. The number of rotatable bonds is 6. The lowest BCUT2D eigenvalue weighted by Gasteiger charge is -2.24. The fourth-order valence-corrected chi connectivity index (χ4v) is 5.77. The van der Waals surface area contributed by atoms with Crippen molar-refractivity contribution in [3.05, 3.63) is 95.4 Å². The molecule has 0 saturated heterocycles. The summed E-state index contributed by atoms with van der Waals surface area (Å²) in [6.45, 7) is -0.292. The Morgan fingerprint density at radius 3 is 2.51 bits per heavy atom. The lowest BCUT2D eigenvalue weighted by Crippen LogP contribution is -2.30. The van der Waals surface area contributed by atoms with Gasteiger partial charge in [-0.15, -0.1) is 3.89 Å². The van der Waals surface area contributed by atoms with Crippen LogP contribution in [0.3, 0.4) is 0 Å². The Bertz CT molecular complexity index is 1830. The fraction of sp³-hybridized carbons (Fsp3) is 0.0435. The molecule has 35 heavy (non-hydrogen) atoms. The Balaban J connectivity index is 1.69. The Labute approximate surface area is 198 Å². The maximum Gasteiger partial charge on any atom is 0.332 e. The lowest BCUT2D eigenvalue weighted by atomic mass is 10.1. The van der Waals surface area contributed by atoms with Crippen molar-refractivity contribution in [1.29, 1.82) is 0 Å². The monoisotopic (exact) mass is 513 g/mol. The Hall–Kier alpha value is -4.03. The zero-order valence-electron chi connectivity index (χ0n) is 17.8. The summed E-state index contributed by atoms with van der Waals surface area (Å²) in [6.07, 6.45) is 4.57. The van der Waals surface area contributed by atoms with Crippen molar-refractivity contribution >= 4 is 47.7 Å². The number of halogens is 1. The second-order valence-electron chi connectivity index (χ2n) is 7.63. The molecule has 3 heterocycles. The first-order valence-electron chi connectivity index (χ1n) is 10.1. The SMILES string of the molecule is O=c1[nH]ccc2ccc(N(Cc3cc4cnccc4o3)S(=O)(=O)c3cccc(S(=O)(=O)F)c3)cc12. The molecule has 0 unspecified atom stereocenters. The van der Waals surface area contributed by atoms with Gasteiger partial charge in [0.25, 0.3) is 15.6 Å². The minimum Gasteiger partial charge on any atom is -0.459 e. The van der Waals surface area contributed by atoms with Crippen LogP contribution in [-0.4, -0.2) is 26.8 Å². The number of aromatic nitrogens is 2. The van der Waals surface area contributed by atoms with Gasteiger partial charge < -0.3 is 9.40 Å². The second-order valence-corrected chi connectivity index (χ2v) is 10.8. The molecule has 5 aromatic rings. The lowest BCUT2D eigenvalue weighted by molar-refractivity contribution is 0.542. The highest BCUT2D eigenvalue weighted by atomic mass is 32.3. The van der Waals surface area contributed by atoms with Crippen LogP contribution in [0.5, 0.6) is 0 Å². The topological polar surface area (TPSA) is 130 Å². The normalized spacial score (nSPS) is 12.3. The van der Waals surface area contributed by atoms with E-state index in [0.29, 0.717) is 16.4 Å². The van der Waals surface area contributed by atoms with Crippen molar-refractivity contribution in [2.75, 3.05) is 4.31 Å². The van der Waals surface area contributed by atoms with Crippen molar-refractivity contribution in [1.82, 2.24) is 9.97 Å². The van der Waals surface area contributed by atoms with E-state index in [1.54, 1.807) is 30.5 Å². The first kappa shape index (κ1) is 22.7. The summed E-state index contributed by atoms with van der Waals surface area (Å²) in [5.74, 6) is 0.271. The van der Waals surface area contributed by atoms with E-state index >= 15 is 0 Å². The summed E-state index contributed by atoms with van der Waals surface area (Å²) in [7, 11) is -9.58. The van der Waals surface area contributed by atoms with Gasteiger partial charge in [0, 0.05) is 29.4 Å². The number of aromatic amines is 1. The van der Waals surface area contributed by atoms with Gasteiger partial charge in [-0.05, 0) is 53.9 Å². The number of H-pyrrole nitrogens is 1. The Kier molecular flexibility index (Phi) is 5.41. The third-order valence-corrected chi connectivity index (χ3v) is 7.98. The highest BCUT2D eigenvalue weighted by Crippen LogP contribution is 2.30. The second kappa shape index (κ2) is 8.32. The Morgan fingerprint density at radius 2 is 1.74 bits per heavy atom. The first-order chi connectivity index (χ1) is 16.6. The highest BCUT2D eigenvalue weighted by molar-refractivity contribution is 7.92. The van der Waals surface area contributed by atoms with Gasteiger partial charge in [0.1, 0.15) is 11.3 Å². The smallest absolute Gasteiger partial charge is 0.332 e. The maximum absolute atomic E-state index is 13.7. The molecule has 0 radical (unpaired) electrons. The van der Waals surface area contributed by atoms with Crippen molar-refractivity contribution < 1.29 is 25.1 Å². The van der Waals surface area contributed by atoms with Crippen molar-refractivity contribution in [3.63, 3.8) is 0 Å². The number of pyridine rings is 2. The third-order valence-electron chi connectivity index (χ3n) is 5.39. The largest absolute Gasteiger partial charge is 0.459 e. The molecule has 178 valence electrons. The van der Waals surface area contributed by atoms with Gasteiger partial charge >= 0.3 is 10.2 Å². The predicted octanol–water partition coefficient (Wildman–Crippen LogP) is 3.72.